The Bertz CT molecular complexity index is 1080. The van der Waals surface area contributed by atoms with Gasteiger partial charge in [0.2, 0.25) is 12.7 Å². The lowest BCUT2D eigenvalue weighted by atomic mass is 10.0. The van der Waals surface area contributed by atoms with Crippen LogP contribution in [0.5, 0.6) is 11.5 Å². The molecule has 3 heterocycles. The maximum atomic E-state index is 9.82. The highest BCUT2D eigenvalue weighted by Crippen LogP contribution is 2.35. The van der Waals surface area contributed by atoms with Crippen molar-refractivity contribution >= 4 is 34.1 Å². The van der Waals surface area contributed by atoms with Crippen molar-refractivity contribution in [2.75, 3.05) is 30.5 Å². The van der Waals surface area contributed by atoms with E-state index in [0.717, 1.165) is 46.7 Å². The Balaban J connectivity index is 1.58. The number of halogens is 1. The molecule has 150 valence electrons. The minimum absolute atomic E-state index is 0.239. The highest BCUT2D eigenvalue weighted by molar-refractivity contribution is 6.34. The average molecular weight is 413 g/mol. The zero-order valence-electron chi connectivity index (χ0n) is 15.8. The van der Waals surface area contributed by atoms with Crippen molar-refractivity contribution in [1.82, 2.24) is 9.97 Å². The number of hydrogen-bond donors (Lipinski definition) is 2. The monoisotopic (exact) mass is 412 g/mol. The summed E-state index contributed by atoms with van der Waals surface area (Å²) in [6.45, 7) is 1.68. The number of fused-ring (bicyclic) bond motifs is 2. The molecule has 0 amide bonds. The molecule has 0 spiro atoms. The molecule has 1 saturated heterocycles. The van der Waals surface area contributed by atoms with Crippen LogP contribution in [-0.2, 0) is 6.42 Å². The number of nitrogen functional groups attached to an aromatic ring is 1. The van der Waals surface area contributed by atoms with Gasteiger partial charge in [0.25, 0.3) is 0 Å². The number of hydrogen-bond acceptors (Lipinski definition) is 7. The fraction of sp³-hybridized carbons (Fsp3) is 0.333. The van der Waals surface area contributed by atoms with Gasteiger partial charge in [0.1, 0.15) is 0 Å². The molecule has 0 radical (unpaired) electrons. The molecule has 8 heteroatoms. The summed E-state index contributed by atoms with van der Waals surface area (Å²) in [5.41, 5.74) is 9.41. The fourth-order valence-corrected chi connectivity index (χ4v) is 4.03. The van der Waals surface area contributed by atoms with E-state index in [1.54, 1.807) is 6.07 Å². The van der Waals surface area contributed by atoms with E-state index in [1.165, 1.54) is 0 Å². The van der Waals surface area contributed by atoms with E-state index in [0.29, 0.717) is 35.9 Å². The summed E-state index contributed by atoms with van der Waals surface area (Å²) in [4.78, 5) is 11.7. The SMILES string of the molecule is Nc1c(Cl)ccc2nc(N3CCC(O)CC3)nc(Cc3ccc4c(c3)OCO4)c12. The minimum Gasteiger partial charge on any atom is -0.454 e. The van der Waals surface area contributed by atoms with Crippen LogP contribution in [0.4, 0.5) is 11.6 Å². The molecule has 0 atom stereocenters. The van der Waals surface area contributed by atoms with Crippen molar-refractivity contribution in [2.45, 2.75) is 25.4 Å². The highest BCUT2D eigenvalue weighted by atomic mass is 35.5. The van der Waals surface area contributed by atoms with Gasteiger partial charge in [-0.1, -0.05) is 17.7 Å². The van der Waals surface area contributed by atoms with E-state index in [9.17, 15) is 5.11 Å². The zero-order chi connectivity index (χ0) is 20.0. The molecule has 1 fully saturated rings. The number of benzene rings is 2. The molecule has 0 saturated carbocycles. The molecule has 29 heavy (non-hydrogen) atoms. The maximum Gasteiger partial charge on any atom is 0.231 e. The molecule has 2 aromatic carbocycles. The van der Waals surface area contributed by atoms with E-state index >= 15 is 0 Å². The lowest BCUT2D eigenvalue weighted by Crippen LogP contribution is -2.37. The van der Waals surface area contributed by atoms with Gasteiger partial charge in [-0.25, -0.2) is 9.97 Å². The average Bonchev–Trinajstić information content (AvgIpc) is 3.19. The van der Waals surface area contributed by atoms with Gasteiger partial charge >= 0.3 is 0 Å². The predicted octanol–water partition coefficient (Wildman–Crippen LogP) is 3.15. The molecular formula is C21H21ClN4O3. The first-order valence-electron chi connectivity index (χ1n) is 9.64. The molecule has 0 aliphatic carbocycles. The van der Waals surface area contributed by atoms with Crippen molar-refractivity contribution in [2.24, 2.45) is 0 Å². The van der Waals surface area contributed by atoms with Crippen molar-refractivity contribution in [3.05, 3.63) is 46.6 Å². The summed E-state index contributed by atoms with van der Waals surface area (Å²) < 4.78 is 10.9. The molecular weight excluding hydrogens is 392 g/mol. The van der Waals surface area contributed by atoms with Crippen LogP contribution in [0.2, 0.25) is 5.02 Å². The first-order chi connectivity index (χ1) is 14.1. The molecule has 3 N–H and O–H groups in total. The molecule has 0 unspecified atom stereocenters. The van der Waals surface area contributed by atoms with Crippen LogP contribution in [0, 0.1) is 0 Å². The fourth-order valence-electron chi connectivity index (χ4n) is 3.87. The molecule has 1 aromatic heterocycles. The molecule has 2 aliphatic heterocycles. The second-order valence-corrected chi connectivity index (χ2v) is 7.82. The van der Waals surface area contributed by atoms with Crippen LogP contribution in [-0.4, -0.2) is 41.1 Å². The van der Waals surface area contributed by atoms with E-state index in [-0.39, 0.29) is 12.9 Å². The summed E-state index contributed by atoms with van der Waals surface area (Å²) in [6, 6.07) is 9.51. The second-order valence-electron chi connectivity index (χ2n) is 7.41. The standard InChI is InChI=1S/C21H21ClN4O3/c22-14-2-3-15-19(20(14)23)16(9-12-1-4-17-18(10-12)29-11-28-17)25-21(24-15)26-7-5-13(27)6-8-26/h1-4,10,13,27H,5-9,11,23H2. The first-order valence-corrected chi connectivity index (χ1v) is 10.0. The topological polar surface area (TPSA) is 93.7 Å². The molecule has 2 aliphatic rings. The third kappa shape index (κ3) is 3.41. The smallest absolute Gasteiger partial charge is 0.231 e. The minimum atomic E-state index is -0.255. The summed E-state index contributed by atoms with van der Waals surface area (Å²) >= 11 is 6.29. The summed E-state index contributed by atoms with van der Waals surface area (Å²) in [7, 11) is 0. The lowest BCUT2D eigenvalue weighted by molar-refractivity contribution is 0.145. The van der Waals surface area contributed by atoms with Crippen LogP contribution in [0.3, 0.4) is 0 Å². The molecule has 3 aromatic rings. The Morgan fingerprint density at radius 2 is 1.90 bits per heavy atom. The van der Waals surface area contributed by atoms with Gasteiger partial charge < -0.3 is 25.2 Å². The van der Waals surface area contributed by atoms with Crippen LogP contribution in [0.1, 0.15) is 24.1 Å². The van der Waals surface area contributed by atoms with Crippen LogP contribution in [0.15, 0.2) is 30.3 Å². The Labute approximate surface area is 173 Å². The van der Waals surface area contributed by atoms with E-state index in [4.69, 9.17) is 36.8 Å². The van der Waals surface area contributed by atoms with E-state index in [1.807, 2.05) is 24.3 Å². The van der Waals surface area contributed by atoms with Gasteiger partial charge in [0, 0.05) is 24.9 Å². The maximum absolute atomic E-state index is 9.82. The van der Waals surface area contributed by atoms with Crippen molar-refractivity contribution in [3.63, 3.8) is 0 Å². The number of nitrogens with zero attached hydrogens (tertiary/aromatic N) is 3. The van der Waals surface area contributed by atoms with Gasteiger partial charge in [0.05, 0.1) is 28.0 Å². The summed E-state index contributed by atoms with van der Waals surface area (Å²) in [5, 5.41) is 11.1. The number of aliphatic hydroxyl groups is 1. The number of aliphatic hydroxyl groups excluding tert-OH is 1. The summed E-state index contributed by atoms with van der Waals surface area (Å²) in [6.07, 6.45) is 1.72. The van der Waals surface area contributed by atoms with Crippen LogP contribution >= 0.6 is 11.6 Å². The van der Waals surface area contributed by atoms with Crippen molar-refractivity contribution in [1.29, 1.82) is 0 Å². The second kappa shape index (κ2) is 7.24. The summed E-state index contributed by atoms with van der Waals surface area (Å²) in [5.74, 6) is 2.13. The Morgan fingerprint density at radius 3 is 2.72 bits per heavy atom. The van der Waals surface area contributed by atoms with Gasteiger partial charge in [0.15, 0.2) is 11.5 Å². The van der Waals surface area contributed by atoms with Gasteiger partial charge in [-0.15, -0.1) is 0 Å². The predicted molar refractivity (Wildman–Crippen MR) is 112 cm³/mol. The van der Waals surface area contributed by atoms with E-state index < -0.39 is 0 Å². The van der Waals surface area contributed by atoms with Gasteiger partial charge in [-0.05, 0) is 42.7 Å². The molecule has 7 nitrogen and oxygen atoms in total. The third-order valence-electron chi connectivity index (χ3n) is 5.47. The first kappa shape index (κ1) is 18.3. The van der Waals surface area contributed by atoms with Crippen molar-refractivity contribution < 1.29 is 14.6 Å². The largest absolute Gasteiger partial charge is 0.454 e. The zero-order valence-corrected chi connectivity index (χ0v) is 16.5. The Kier molecular flexibility index (Phi) is 4.56. The molecule has 0 bridgehead atoms. The lowest BCUT2D eigenvalue weighted by Gasteiger charge is -2.30. The quantitative estimate of drug-likeness (QED) is 0.638. The Morgan fingerprint density at radius 1 is 1.10 bits per heavy atom. The van der Waals surface area contributed by atoms with E-state index in [2.05, 4.69) is 4.90 Å². The number of aromatic nitrogens is 2. The van der Waals surface area contributed by atoms with Gasteiger partial charge in [-0.2, -0.15) is 0 Å². The van der Waals surface area contributed by atoms with Crippen LogP contribution in [0.25, 0.3) is 10.9 Å². The van der Waals surface area contributed by atoms with Crippen molar-refractivity contribution in [3.8, 4) is 11.5 Å². The Hall–Kier alpha value is -2.77. The number of rotatable bonds is 3. The number of piperidine rings is 1. The normalized spacial score (nSPS) is 16.6. The van der Waals surface area contributed by atoms with Gasteiger partial charge in [-0.3, -0.25) is 0 Å². The number of nitrogens with two attached hydrogens (primary N) is 1. The highest BCUT2D eigenvalue weighted by Gasteiger charge is 2.22. The number of ether oxygens (including phenoxy) is 2. The van der Waals surface area contributed by atoms with Crippen LogP contribution < -0.4 is 20.1 Å². The molecule has 5 rings (SSSR count). The number of anilines is 2. The third-order valence-corrected chi connectivity index (χ3v) is 5.80.